The van der Waals surface area contributed by atoms with E-state index in [-0.39, 0.29) is 25.3 Å². The minimum absolute atomic E-state index is 0.205. The van der Waals surface area contributed by atoms with E-state index >= 15 is 0 Å². The number of carbonyl (C=O) groups excluding carboxylic acids is 2. The fourth-order valence-corrected chi connectivity index (χ4v) is 2.48. The van der Waals surface area contributed by atoms with Crippen LogP contribution in [0.5, 0.6) is 0 Å². The molecule has 0 aliphatic heterocycles. The molecule has 0 saturated heterocycles. The summed E-state index contributed by atoms with van der Waals surface area (Å²) in [7, 11) is 0. The third-order valence-corrected chi connectivity index (χ3v) is 4.41. The number of rotatable bonds is 10. The molecular weight excluding hydrogens is 430 g/mol. The average Bonchev–Trinajstić information content (AvgIpc) is 3.30. The molecule has 7 N–H and O–H groups in total. The van der Waals surface area contributed by atoms with Crippen LogP contribution >= 0.6 is 0 Å². The maximum absolute atomic E-state index is 12.0. The quantitative estimate of drug-likeness (QED) is 0.273. The van der Waals surface area contributed by atoms with Crippen molar-refractivity contribution >= 4 is 23.8 Å². The van der Waals surface area contributed by atoms with Crippen LogP contribution in [0.15, 0.2) is 54.5 Å². The number of aromatic amines is 1. The van der Waals surface area contributed by atoms with Gasteiger partial charge in [0.05, 0.1) is 18.1 Å². The summed E-state index contributed by atoms with van der Waals surface area (Å²) in [6.45, 7) is 3.01. The van der Waals surface area contributed by atoms with Gasteiger partial charge in [-0.05, 0) is 19.4 Å². The molecule has 0 fully saturated rings. The third-order valence-electron chi connectivity index (χ3n) is 4.41. The molecule has 11 heteroatoms. The molecule has 0 bridgehead atoms. The van der Waals surface area contributed by atoms with Gasteiger partial charge >= 0.3 is 11.9 Å². The number of allylic oxidation sites excluding steroid dienone is 1. The van der Waals surface area contributed by atoms with E-state index < -0.39 is 29.9 Å². The largest absolute Gasteiger partial charge is 0.480 e. The van der Waals surface area contributed by atoms with Gasteiger partial charge in [0, 0.05) is 24.6 Å². The monoisotopic (exact) mass is 459 g/mol. The van der Waals surface area contributed by atoms with E-state index in [9.17, 15) is 24.3 Å². The Balaban J connectivity index is 0.000000420. The van der Waals surface area contributed by atoms with E-state index in [4.69, 9.17) is 10.8 Å². The molecule has 11 nitrogen and oxygen atoms in total. The molecule has 2 atom stereocenters. The summed E-state index contributed by atoms with van der Waals surface area (Å²) in [6, 6.07) is 7.24. The predicted molar refractivity (Wildman–Crippen MR) is 120 cm³/mol. The standard InChI is InChI=1S/C15H18N4O3.C7H11NO3/c16-12(7-11-8-17-9-18-11)14(20)19-13(15(21)22)6-10-4-2-1-3-5-10;1-3-5(2)7(11)8-4-6(9)10/h1-5,8-9,12-13H,6-7,16H2,(H,17,18)(H,19,20)(H,21,22);3H,4H2,1-2H3,(H,8,11)(H,9,10)/b;5-3+. The second-order valence-corrected chi connectivity index (χ2v) is 7.01. The van der Waals surface area contributed by atoms with Gasteiger partial charge in [0.25, 0.3) is 0 Å². The Morgan fingerprint density at radius 3 is 2.33 bits per heavy atom. The van der Waals surface area contributed by atoms with E-state index in [0.29, 0.717) is 11.3 Å². The number of aliphatic carboxylic acids is 2. The molecule has 0 radical (unpaired) electrons. The van der Waals surface area contributed by atoms with Crippen molar-refractivity contribution < 1.29 is 29.4 Å². The highest BCUT2D eigenvalue weighted by Crippen LogP contribution is 2.04. The van der Waals surface area contributed by atoms with Crippen LogP contribution in [-0.2, 0) is 32.0 Å². The van der Waals surface area contributed by atoms with Crippen molar-refractivity contribution in [3.63, 3.8) is 0 Å². The van der Waals surface area contributed by atoms with E-state index in [1.807, 2.05) is 30.3 Å². The lowest BCUT2D eigenvalue weighted by atomic mass is 10.1. The number of hydrogen-bond acceptors (Lipinski definition) is 6. The lowest BCUT2D eigenvalue weighted by molar-refractivity contribution is -0.142. The van der Waals surface area contributed by atoms with Gasteiger partial charge in [-0.2, -0.15) is 0 Å². The summed E-state index contributed by atoms with van der Waals surface area (Å²) in [5.74, 6) is -2.98. The zero-order chi connectivity index (χ0) is 24.8. The number of carbonyl (C=O) groups is 4. The first-order chi connectivity index (χ1) is 15.6. The number of hydrogen-bond donors (Lipinski definition) is 6. The number of amides is 2. The molecule has 1 aromatic heterocycles. The van der Waals surface area contributed by atoms with Crippen molar-refractivity contribution in [1.29, 1.82) is 0 Å². The molecule has 0 aliphatic rings. The first kappa shape index (κ1) is 27.0. The maximum Gasteiger partial charge on any atom is 0.326 e. The maximum atomic E-state index is 12.0. The van der Waals surface area contributed by atoms with Gasteiger partial charge in [-0.3, -0.25) is 14.4 Å². The Hall–Kier alpha value is -3.99. The first-order valence-corrected chi connectivity index (χ1v) is 10.1. The summed E-state index contributed by atoms with van der Waals surface area (Å²) < 4.78 is 0. The van der Waals surface area contributed by atoms with Gasteiger partial charge in [0.2, 0.25) is 11.8 Å². The molecule has 1 aromatic carbocycles. The number of H-pyrrole nitrogens is 1. The van der Waals surface area contributed by atoms with Gasteiger partial charge in [-0.1, -0.05) is 36.4 Å². The fraction of sp³-hybridized carbons (Fsp3) is 0.318. The predicted octanol–water partition coefficient (Wildman–Crippen LogP) is 0.245. The number of nitrogens with zero attached hydrogens (tertiary/aromatic N) is 1. The Bertz CT molecular complexity index is 943. The molecule has 2 aromatic rings. The van der Waals surface area contributed by atoms with E-state index in [0.717, 1.165) is 5.56 Å². The Labute approximate surface area is 191 Å². The zero-order valence-corrected chi connectivity index (χ0v) is 18.4. The Kier molecular flexibility index (Phi) is 11.6. The van der Waals surface area contributed by atoms with Crippen LogP contribution in [0.1, 0.15) is 25.1 Å². The second-order valence-electron chi connectivity index (χ2n) is 7.01. The number of carboxylic acid groups (broad SMARTS) is 2. The topological polar surface area (TPSA) is 188 Å². The van der Waals surface area contributed by atoms with E-state index in [1.165, 1.54) is 6.33 Å². The minimum atomic E-state index is -1.09. The second kappa shape index (κ2) is 14.1. The molecular formula is C22H29N5O6. The lowest BCUT2D eigenvalue weighted by Crippen LogP contribution is -2.50. The molecule has 33 heavy (non-hydrogen) atoms. The molecule has 1 heterocycles. The van der Waals surface area contributed by atoms with Gasteiger partial charge in [0.1, 0.15) is 12.6 Å². The van der Waals surface area contributed by atoms with Crippen molar-refractivity contribution in [1.82, 2.24) is 20.6 Å². The zero-order valence-electron chi connectivity index (χ0n) is 18.4. The van der Waals surface area contributed by atoms with Gasteiger partial charge in [-0.25, -0.2) is 9.78 Å². The molecule has 178 valence electrons. The number of imidazole rings is 1. The van der Waals surface area contributed by atoms with Crippen molar-refractivity contribution in [2.75, 3.05) is 6.54 Å². The van der Waals surface area contributed by atoms with E-state index in [1.54, 1.807) is 26.1 Å². The summed E-state index contributed by atoms with van der Waals surface area (Å²) >= 11 is 0. The molecule has 2 rings (SSSR count). The van der Waals surface area contributed by atoms with Gasteiger partial charge in [-0.15, -0.1) is 0 Å². The molecule has 2 unspecified atom stereocenters. The fourth-order valence-electron chi connectivity index (χ4n) is 2.48. The van der Waals surface area contributed by atoms with Crippen LogP contribution in [0, 0.1) is 0 Å². The van der Waals surface area contributed by atoms with Crippen LogP contribution in [0.25, 0.3) is 0 Å². The smallest absolute Gasteiger partial charge is 0.326 e. The first-order valence-electron chi connectivity index (χ1n) is 10.1. The van der Waals surface area contributed by atoms with Crippen molar-refractivity contribution in [3.05, 3.63) is 65.8 Å². The van der Waals surface area contributed by atoms with Crippen molar-refractivity contribution in [3.8, 4) is 0 Å². The van der Waals surface area contributed by atoms with Crippen LogP contribution in [0.2, 0.25) is 0 Å². The van der Waals surface area contributed by atoms with Crippen LogP contribution in [0.4, 0.5) is 0 Å². The summed E-state index contributed by atoms with van der Waals surface area (Å²) in [5.41, 5.74) is 7.79. The van der Waals surface area contributed by atoms with Gasteiger partial charge in [0.15, 0.2) is 0 Å². The average molecular weight is 460 g/mol. The summed E-state index contributed by atoms with van der Waals surface area (Å²) in [4.78, 5) is 50.9. The Morgan fingerprint density at radius 2 is 1.82 bits per heavy atom. The SMILES string of the molecule is C/C=C(\C)C(=O)NCC(=O)O.NC(Cc1c[nH]cn1)C(=O)NC(Cc1ccccc1)C(=O)O. The summed E-state index contributed by atoms with van der Waals surface area (Å²) in [6.07, 6.45) is 5.21. The normalized spacial score (nSPS) is 12.5. The lowest BCUT2D eigenvalue weighted by Gasteiger charge is -2.17. The number of aromatic nitrogens is 2. The van der Waals surface area contributed by atoms with Crippen molar-refractivity contribution in [2.24, 2.45) is 5.73 Å². The molecule has 2 amide bonds. The minimum Gasteiger partial charge on any atom is -0.480 e. The highest BCUT2D eigenvalue weighted by Gasteiger charge is 2.24. The van der Waals surface area contributed by atoms with Gasteiger partial charge < -0.3 is 31.6 Å². The van der Waals surface area contributed by atoms with Crippen molar-refractivity contribution in [2.45, 2.75) is 38.8 Å². The van der Waals surface area contributed by atoms with Crippen LogP contribution in [-0.4, -0.2) is 62.6 Å². The number of nitrogens with two attached hydrogens (primary N) is 1. The Morgan fingerprint density at radius 1 is 1.15 bits per heavy atom. The highest BCUT2D eigenvalue weighted by molar-refractivity contribution is 5.94. The number of benzene rings is 1. The molecule has 0 spiro atoms. The highest BCUT2D eigenvalue weighted by atomic mass is 16.4. The number of nitrogens with one attached hydrogen (secondary N) is 3. The van der Waals surface area contributed by atoms with E-state index in [2.05, 4.69) is 20.6 Å². The van der Waals surface area contributed by atoms with Crippen LogP contribution < -0.4 is 16.4 Å². The number of carboxylic acids is 2. The summed E-state index contributed by atoms with van der Waals surface area (Å²) in [5, 5.41) is 22.1. The van der Waals surface area contributed by atoms with Crippen LogP contribution in [0.3, 0.4) is 0 Å². The third kappa shape index (κ3) is 10.7. The molecule has 0 aliphatic carbocycles. The molecule has 0 saturated carbocycles.